The van der Waals surface area contributed by atoms with Gasteiger partial charge in [-0.05, 0) is 51.0 Å². The minimum absolute atomic E-state index is 0.0225. The van der Waals surface area contributed by atoms with Gasteiger partial charge in [0, 0.05) is 40.8 Å². The topological polar surface area (TPSA) is 253 Å². The van der Waals surface area contributed by atoms with Gasteiger partial charge in [0.15, 0.2) is 30.0 Å². The van der Waals surface area contributed by atoms with Crippen LogP contribution in [0.3, 0.4) is 0 Å². The Labute approximate surface area is 355 Å². The van der Waals surface area contributed by atoms with E-state index < -0.39 is 132 Å². The summed E-state index contributed by atoms with van der Waals surface area (Å²) in [5.74, 6) is -10.7. The molecule has 1 aromatic carbocycles. The van der Waals surface area contributed by atoms with Crippen molar-refractivity contribution in [3.05, 3.63) is 65.5 Å². The maximum Gasteiger partial charge on any atom is 0.340 e. The van der Waals surface area contributed by atoms with E-state index in [0.717, 1.165) is 41.5 Å². The molecule has 6 rings (SSSR count). The fourth-order valence-corrected chi connectivity index (χ4v) is 9.74. The predicted molar refractivity (Wildman–Crippen MR) is 205 cm³/mol. The first-order chi connectivity index (χ1) is 29.1. The number of benzene rings is 1. The predicted octanol–water partition coefficient (Wildman–Crippen LogP) is 2.16. The number of hydrogen-bond acceptors (Lipinski definition) is 19. The Morgan fingerprint density at radius 3 is 1.98 bits per heavy atom. The number of esters is 8. The molecule has 1 saturated heterocycles. The van der Waals surface area contributed by atoms with E-state index in [4.69, 9.17) is 42.6 Å². The van der Waals surface area contributed by atoms with Crippen molar-refractivity contribution in [2.75, 3.05) is 13.2 Å². The van der Waals surface area contributed by atoms with Gasteiger partial charge in [0.1, 0.15) is 42.0 Å². The molecule has 2 aliphatic heterocycles. The van der Waals surface area contributed by atoms with E-state index in [9.17, 15) is 43.5 Å². The molecule has 62 heavy (non-hydrogen) atoms. The van der Waals surface area contributed by atoms with E-state index in [-0.39, 0.29) is 29.7 Å². The number of nitrogens with zero attached hydrogens (tertiary/aromatic N) is 1. The van der Waals surface area contributed by atoms with Crippen LogP contribution in [-0.4, -0.2) is 124 Å². The minimum atomic E-state index is -2.84. The lowest BCUT2D eigenvalue weighted by Crippen LogP contribution is -2.89. The molecule has 4 bridgehead atoms. The second kappa shape index (κ2) is 17.1. The standard InChI is InChI=1S/C43H49NO18/c1-21-16-17-29-28(15-12-18-44-29)39(52)55-19-40(7)30-31(56-23(3)46)35(59-26(6)49)42(20-54-22(2)45)36(61-38(51)27-13-10-9-11-14-27)32(57-24(4)47)34(60-37(21)50)41(8,53)43(42,62-40)33(30)58-25(5)48/h9-15,18,21,30-36,53H,16-17,19-20H2,1-8H3/t21-,30-,31+,32-,33+,34+,35-,36+,40-,41-,42+,43+/m0/s1. The van der Waals surface area contributed by atoms with E-state index in [2.05, 4.69) is 4.98 Å². The Kier molecular flexibility index (Phi) is 12.6. The minimum Gasteiger partial charge on any atom is -0.465 e. The second-order valence-corrected chi connectivity index (χ2v) is 16.4. The molecule has 1 spiro atoms. The molecule has 0 unspecified atom stereocenters. The highest BCUT2D eigenvalue weighted by Crippen LogP contribution is 2.70. The van der Waals surface area contributed by atoms with E-state index in [1.165, 1.54) is 56.4 Å². The summed E-state index contributed by atoms with van der Waals surface area (Å²) < 4.78 is 55.4. The van der Waals surface area contributed by atoms with Crippen molar-refractivity contribution in [1.82, 2.24) is 4.98 Å². The summed E-state index contributed by atoms with van der Waals surface area (Å²) in [6.45, 7) is 7.17. The summed E-state index contributed by atoms with van der Waals surface area (Å²) in [7, 11) is 0. The second-order valence-electron chi connectivity index (χ2n) is 16.4. The number of cyclic esters (lactones) is 1. The highest BCUT2D eigenvalue weighted by Gasteiger charge is 2.92. The van der Waals surface area contributed by atoms with Crippen molar-refractivity contribution in [1.29, 1.82) is 0 Å². The number of hydrogen-bond donors (Lipinski definition) is 1. The Bertz CT molecular complexity index is 2140. The lowest BCUT2D eigenvalue weighted by molar-refractivity contribution is -0.385. The van der Waals surface area contributed by atoms with Gasteiger partial charge in [-0.25, -0.2) is 9.59 Å². The molecule has 2 saturated carbocycles. The fourth-order valence-electron chi connectivity index (χ4n) is 9.74. The Balaban J connectivity index is 1.79. The number of carbonyl (C=O) groups excluding carboxylic acids is 8. The number of pyridine rings is 1. The number of aromatic nitrogens is 1. The molecule has 0 amide bonds. The molecule has 3 heterocycles. The smallest absolute Gasteiger partial charge is 0.340 e. The third kappa shape index (κ3) is 7.76. The van der Waals surface area contributed by atoms with Gasteiger partial charge < -0.3 is 47.7 Å². The lowest BCUT2D eigenvalue weighted by Gasteiger charge is -2.67. The first-order valence-corrected chi connectivity index (χ1v) is 19.9. The molecule has 1 N–H and O–H groups in total. The quantitative estimate of drug-likeness (QED) is 0.295. The van der Waals surface area contributed by atoms with Crippen LogP contribution >= 0.6 is 0 Å². The van der Waals surface area contributed by atoms with Crippen LogP contribution in [-0.2, 0) is 77.8 Å². The SMILES string of the molecule is CC(=O)OC[C@@]12[C@H](OC(=O)c3ccccc3)[C@@H](OC(C)=O)[C@H]3OC(=O)[C@@H](C)CCc4ncccc4C(=O)OC[C@]4(C)O[C@]1([C@H](OC(C)=O)[C@@H]4[C@@H](OC(C)=O)[C@@H]2OC(C)=O)[C@@]3(C)O. The molecule has 3 fully saturated rings. The van der Waals surface area contributed by atoms with Crippen LogP contribution in [0.25, 0.3) is 0 Å². The largest absolute Gasteiger partial charge is 0.465 e. The molecule has 2 aromatic rings. The number of fused-ring (bicyclic) bond motifs is 5. The van der Waals surface area contributed by atoms with Gasteiger partial charge in [0.2, 0.25) is 0 Å². The first-order valence-electron chi connectivity index (χ1n) is 19.9. The van der Waals surface area contributed by atoms with Crippen LogP contribution in [0.15, 0.2) is 48.7 Å². The number of aryl methyl sites for hydroxylation is 1. The summed E-state index contributed by atoms with van der Waals surface area (Å²) in [4.78, 5) is 113. The molecule has 0 radical (unpaired) electrons. The van der Waals surface area contributed by atoms with Crippen molar-refractivity contribution in [3.63, 3.8) is 0 Å². The fraction of sp³-hybridized carbons (Fsp3) is 0.558. The van der Waals surface area contributed by atoms with Gasteiger partial charge in [-0.2, -0.15) is 0 Å². The molecule has 1 aromatic heterocycles. The average Bonchev–Trinajstić information content (AvgIpc) is 3.41. The molecule has 334 valence electrons. The summed E-state index contributed by atoms with van der Waals surface area (Å²) in [6, 6.07) is 10.4. The van der Waals surface area contributed by atoms with E-state index >= 15 is 0 Å². The van der Waals surface area contributed by atoms with Crippen LogP contribution in [0.1, 0.15) is 88.2 Å². The van der Waals surface area contributed by atoms with Gasteiger partial charge in [-0.15, -0.1) is 0 Å². The van der Waals surface area contributed by atoms with E-state index in [1.807, 2.05) is 0 Å². The zero-order chi connectivity index (χ0) is 45.5. The molecule has 19 heteroatoms. The van der Waals surface area contributed by atoms with Crippen LogP contribution in [0.2, 0.25) is 0 Å². The van der Waals surface area contributed by atoms with E-state index in [1.54, 1.807) is 6.07 Å². The molecule has 4 aliphatic rings. The molecular weight excluding hydrogens is 818 g/mol. The van der Waals surface area contributed by atoms with Crippen LogP contribution < -0.4 is 0 Å². The van der Waals surface area contributed by atoms with Gasteiger partial charge in [0.25, 0.3) is 0 Å². The summed E-state index contributed by atoms with van der Waals surface area (Å²) in [5.41, 5.74) is -10.2. The number of carbonyl (C=O) groups is 8. The zero-order valence-corrected chi connectivity index (χ0v) is 35.4. The van der Waals surface area contributed by atoms with Crippen LogP contribution in [0.4, 0.5) is 0 Å². The summed E-state index contributed by atoms with van der Waals surface area (Å²) in [5, 5.41) is 13.6. The summed E-state index contributed by atoms with van der Waals surface area (Å²) in [6.07, 6.45) is -10.6. The van der Waals surface area contributed by atoms with Gasteiger partial charge in [0.05, 0.1) is 28.7 Å². The Hall–Kier alpha value is -5.95. The van der Waals surface area contributed by atoms with Gasteiger partial charge in [-0.1, -0.05) is 25.1 Å². The molecule has 19 nitrogen and oxygen atoms in total. The maximum atomic E-state index is 14.4. The third-order valence-corrected chi connectivity index (χ3v) is 12.1. The average molecular weight is 868 g/mol. The van der Waals surface area contributed by atoms with Gasteiger partial charge in [-0.3, -0.25) is 33.8 Å². The Morgan fingerprint density at radius 2 is 1.37 bits per heavy atom. The van der Waals surface area contributed by atoms with Crippen LogP contribution in [0.5, 0.6) is 0 Å². The van der Waals surface area contributed by atoms with Crippen molar-refractivity contribution in [2.45, 2.75) is 122 Å². The molecular formula is C43H49NO18. The summed E-state index contributed by atoms with van der Waals surface area (Å²) >= 11 is 0. The Morgan fingerprint density at radius 1 is 0.774 bits per heavy atom. The highest BCUT2D eigenvalue weighted by atomic mass is 16.7. The van der Waals surface area contributed by atoms with Crippen LogP contribution in [0, 0.1) is 17.3 Å². The molecule has 12 atom stereocenters. The zero-order valence-electron chi connectivity index (χ0n) is 35.4. The van der Waals surface area contributed by atoms with Crippen molar-refractivity contribution < 1.29 is 86.1 Å². The highest BCUT2D eigenvalue weighted by molar-refractivity contribution is 5.91. The van der Waals surface area contributed by atoms with Gasteiger partial charge >= 0.3 is 47.8 Å². The maximum absolute atomic E-state index is 14.4. The molecule has 2 aliphatic carbocycles. The van der Waals surface area contributed by atoms with Crippen molar-refractivity contribution >= 4 is 47.8 Å². The normalized spacial score (nSPS) is 35.0. The van der Waals surface area contributed by atoms with Crippen molar-refractivity contribution in [2.24, 2.45) is 17.3 Å². The van der Waals surface area contributed by atoms with E-state index in [0.29, 0.717) is 0 Å². The number of aliphatic hydroxyl groups is 1. The monoisotopic (exact) mass is 867 g/mol. The lowest BCUT2D eigenvalue weighted by atomic mass is 9.45. The number of ether oxygens (including phenoxy) is 9. The first kappa shape index (κ1) is 45.6. The third-order valence-electron chi connectivity index (χ3n) is 12.1. The van der Waals surface area contributed by atoms with Crippen molar-refractivity contribution in [3.8, 4) is 0 Å². The number of rotatable bonds is 8.